The van der Waals surface area contributed by atoms with Crippen LogP contribution in [-0.2, 0) is 11.3 Å². The van der Waals surface area contributed by atoms with Crippen molar-refractivity contribution in [1.82, 2.24) is 9.55 Å². The monoisotopic (exact) mass is 315 g/mol. The number of fused-ring (bicyclic) bond motifs is 1. The summed E-state index contributed by atoms with van der Waals surface area (Å²) in [5.41, 5.74) is 0.430. The second-order valence-electron chi connectivity index (χ2n) is 4.59. The average molecular weight is 315 g/mol. The second-order valence-corrected chi connectivity index (χ2v) is 5.49. The summed E-state index contributed by atoms with van der Waals surface area (Å²) in [4.78, 5) is 29.1. The van der Waals surface area contributed by atoms with Crippen molar-refractivity contribution in [2.75, 3.05) is 12.4 Å². The molecule has 2 aromatic heterocycles. The first-order chi connectivity index (χ1) is 10.7. The van der Waals surface area contributed by atoms with Gasteiger partial charge in [-0.05, 0) is 35.7 Å². The summed E-state index contributed by atoms with van der Waals surface area (Å²) in [6.07, 6.45) is 1.40. The van der Waals surface area contributed by atoms with Crippen molar-refractivity contribution >= 4 is 33.1 Å². The molecule has 7 heteroatoms. The normalized spacial score (nSPS) is 10.6. The van der Waals surface area contributed by atoms with E-state index in [4.69, 9.17) is 4.74 Å². The van der Waals surface area contributed by atoms with Crippen molar-refractivity contribution in [3.63, 3.8) is 0 Å². The van der Waals surface area contributed by atoms with Crippen LogP contribution in [0, 0.1) is 0 Å². The molecule has 0 saturated carbocycles. The third-order valence-corrected chi connectivity index (χ3v) is 3.96. The largest absolute Gasteiger partial charge is 0.497 e. The lowest BCUT2D eigenvalue weighted by Gasteiger charge is -2.08. The summed E-state index contributed by atoms with van der Waals surface area (Å²) in [6.45, 7) is -0.0797. The van der Waals surface area contributed by atoms with Gasteiger partial charge in [0, 0.05) is 5.69 Å². The minimum Gasteiger partial charge on any atom is -0.497 e. The minimum absolute atomic E-state index is 0.0797. The van der Waals surface area contributed by atoms with Gasteiger partial charge in [0.15, 0.2) is 0 Å². The first kappa shape index (κ1) is 14.3. The Morgan fingerprint density at radius 3 is 2.82 bits per heavy atom. The zero-order valence-electron chi connectivity index (χ0n) is 11.8. The summed E-state index contributed by atoms with van der Waals surface area (Å²) in [6, 6.07) is 8.69. The molecule has 1 amide bonds. The van der Waals surface area contributed by atoms with E-state index in [1.54, 1.807) is 42.8 Å². The Hall–Kier alpha value is -2.67. The van der Waals surface area contributed by atoms with Gasteiger partial charge < -0.3 is 10.1 Å². The van der Waals surface area contributed by atoms with Crippen LogP contribution in [0.25, 0.3) is 10.2 Å². The maximum Gasteiger partial charge on any atom is 0.262 e. The smallest absolute Gasteiger partial charge is 0.262 e. The van der Waals surface area contributed by atoms with Gasteiger partial charge in [-0.1, -0.05) is 0 Å². The van der Waals surface area contributed by atoms with Crippen molar-refractivity contribution in [2.45, 2.75) is 6.54 Å². The minimum atomic E-state index is -0.288. The van der Waals surface area contributed by atoms with Crippen LogP contribution in [0.15, 0.2) is 46.8 Å². The fourth-order valence-corrected chi connectivity index (χ4v) is 2.76. The van der Waals surface area contributed by atoms with Gasteiger partial charge in [-0.3, -0.25) is 14.2 Å². The summed E-state index contributed by atoms with van der Waals surface area (Å²) in [5.74, 6) is 0.421. The van der Waals surface area contributed by atoms with E-state index in [1.807, 2.05) is 0 Å². The molecule has 0 atom stereocenters. The third kappa shape index (κ3) is 2.84. The predicted molar refractivity (Wildman–Crippen MR) is 85.5 cm³/mol. The van der Waals surface area contributed by atoms with Crippen LogP contribution in [0.5, 0.6) is 5.75 Å². The molecule has 0 bridgehead atoms. The first-order valence-electron chi connectivity index (χ1n) is 6.54. The number of anilines is 1. The molecule has 1 aromatic carbocycles. The number of carbonyl (C=O) groups excluding carboxylic acids is 1. The van der Waals surface area contributed by atoms with Gasteiger partial charge in [-0.2, -0.15) is 0 Å². The molecule has 22 heavy (non-hydrogen) atoms. The van der Waals surface area contributed by atoms with E-state index in [-0.39, 0.29) is 18.0 Å². The quantitative estimate of drug-likeness (QED) is 0.800. The number of nitrogens with one attached hydrogen (secondary N) is 1. The molecule has 0 radical (unpaired) electrons. The van der Waals surface area contributed by atoms with E-state index in [0.717, 1.165) is 0 Å². The number of ether oxygens (including phenoxy) is 1. The maximum atomic E-state index is 12.2. The van der Waals surface area contributed by atoms with Crippen LogP contribution >= 0.6 is 11.3 Å². The van der Waals surface area contributed by atoms with Crippen molar-refractivity contribution < 1.29 is 9.53 Å². The lowest BCUT2D eigenvalue weighted by Crippen LogP contribution is -2.27. The van der Waals surface area contributed by atoms with Gasteiger partial charge in [-0.15, -0.1) is 11.3 Å². The Morgan fingerprint density at radius 2 is 2.09 bits per heavy atom. The second kappa shape index (κ2) is 5.98. The maximum absolute atomic E-state index is 12.2. The number of thiophene rings is 1. The van der Waals surface area contributed by atoms with E-state index in [0.29, 0.717) is 21.7 Å². The zero-order chi connectivity index (χ0) is 15.5. The highest BCUT2D eigenvalue weighted by molar-refractivity contribution is 7.16. The Balaban J connectivity index is 1.74. The lowest BCUT2D eigenvalue weighted by molar-refractivity contribution is -0.116. The number of amides is 1. The molecule has 0 aliphatic heterocycles. The van der Waals surface area contributed by atoms with Crippen LogP contribution in [-0.4, -0.2) is 22.6 Å². The lowest BCUT2D eigenvalue weighted by atomic mass is 10.3. The molecule has 0 fully saturated rings. The van der Waals surface area contributed by atoms with Gasteiger partial charge in [0.25, 0.3) is 5.56 Å². The van der Waals surface area contributed by atoms with Crippen LogP contribution < -0.4 is 15.6 Å². The molecule has 3 aromatic rings. The number of rotatable bonds is 4. The fourth-order valence-electron chi connectivity index (χ4n) is 2.04. The Bertz CT molecular complexity index is 868. The number of benzene rings is 1. The molecule has 0 unspecified atom stereocenters. The molecule has 0 aliphatic rings. The molecular weight excluding hydrogens is 302 g/mol. The van der Waals surface area contributed by atoms with Crippen molar-refractivity contribution in [1.29, 1.82) is 0 Å². The third-order valence-electron chi connectivity index (χ3n) is 3.14. The average Bonchev–Trinajstić information content (AvgIpc) is 3.00. The highest BCUT2D eigenvalue weighted by Gasteiger charge is 2.09. The van der Waals surface area contributed by atoms with Crippen molar-refractivity contribution in [3.8, 4) is 5.75 Å². The number of hydrogen-bond acceptors (Lipinski definition) is 5. The Kier molecular flexibility index (Phi) is 3.88. The fraction of sp³-hybridized carbons (Fsp3) is 0.133. The van der Waals surface area contributed by atoms with E-state index >= 15 is 0 Å². The first-order valence-corrected chi connectivity index (χ1v) is 7.42. The van der Waals surface area contributed by atoms with E-state index in [9.17, 15) is 9.59 Å². The molecule has 0 spiro atoms. The van der Waals surface area contributed by atoms with Crippen LogP contribution in [0.4, 0.5) is 5.69 Å². The number of carbonyl (C=O) groups is 1. The number of methoxy groups -OCH3 is 1. The summed E-state index contributed by atoms with van der Waals surface area (Å²) < 4.78 is 6.35. The summed E-state index contributed by atoms with van der Waals surface area (Å²) >= 11 is 1.40. The van der Waals surface area contributed by atoms with Gasteiger partial charge >= 0.3 is 0 Å². The molecule has 6 nitrogen and oxygen atoms in total. The predicted octanol–water partition coefficient (Wildman–Crippen LogP) is 2.11. The van der Waals surface area contributed by atoms with E-state index in [2.05, 4.69) is 10.3 Å². The molecule has 0 aliphatic carbocycles. The number of nitrogens with zero attached hydrogens (tertiary/aromatic N) is 2. The van der Waals surface area contributed by atoms with Crippen LogP contribution in [0.1, 0.15) is 0 Å². The highest BCUT2D eigenvalue weighted by Crippen LogP contribution is 2.15. The molecule has 0 saturated heterocycles. The number of aromatic nitrogens is 2. The Labute approximate surface area is 130 Å². The highest BCUT2D eigenvalue weighted by atomic mass is 32.1. The van der Waals surface area contributed by atoms with Crippen molar-refractivity contribution in [3.05, 3.63) is 52.4 Å². The Morgan fingerprint density at radius 1 is 1.32 bits per heavy atom. The SMILES string of the molecule is COc1ccc(NC(=O)Cn2cnc3sccc3c2=O)cc1. The molecule has 2 heterocycles. The van der Waals surface area contributed by atoms with Gasteiger partial charge in [0.1, 0.15) is 17.1 Å². The molecular formula is C15H13N3O3S. The van der Waals surface area contributed by atoms with Crippen molar-refractivity contribution in [2.24, 2.45) is 0 Å². The summed E-state index contributed by atoms with van der Waals surface area (Å²) in [5, 5.41) is 5.07. The molecule has 1 N–H and O–H groups in total. The topological polar surface area (TPSA) is 73.2 Å². The van der Waals surface area contributed by atoms with Gasteiger partial charge in [0.05, 0.1) is 18.8 Å². The van der Waals surface area contributed by atoms with Gasteiger partial charge in [-0.25, -0.2) is 4.98 Å². The van der Waals surface area contributed by atoms with E-state index < -0.39 is 0 Å². The van der Waals surface area contributed by atoms with Gasteiger partial charge in [0.2, 0.25) is 5.91 Å². The zero-order valence-corrected chi connectivity index (χ0v) is 12.6. The summed E-state index contributed by atoms with van der Waals surface area (Å²) in [7, 11) is 1.58. The molecule has 112 valence electrons. The molecule has 3 rings (SSSR count). The van der Waals surface area contributed by atoms with Crippen LogP contribution in [0.2, 0.25) is 0 Å². The van der Waals surface area contributed by atoms with E-state index in [1.165, 1.54) is 22.2 Å². The number of hydrogen-bond donors (Lipinski definition) is 1. The van der Waals surface area contributed by atoms with Crippen LogP contribution in [0.3, 0.4) is 0 Å². The standard InChI is InChI=1S/C15H13N3O3S/c1-21-11-4-2-10(3-5-11)17-13(19)8-18-9-16-14-12(15(18)20)6-7-22-14/h2-7,9H,8H2,1H3,(H,17,19).